The molecule has 1 aromatic rings. The van der Waals surface area contributed by atoms with E-state index in [1.807, 2.05) is 0 Å². The van der Waals surface area contributed by atoms with Crippen LogP contribution in [0.15, 0.2) is 6.07 Å². The molecule has 2 unspecified atom stereocenters. The zero-order valence-corrected chi connectivity index (χ0v) is 12.8. The topological polar surface area (TPSA) is 37.8 Å². The highest BCUT2D eigenvalue weighted by atomic mass is 35.5. The first-order chi connectivity index (χ1) is 9.77. The predicted octanol–water partition coefficient (Wildman–Crippen LogP) is 4.78. The summed E-state index contributed by atoms with van der Waals surface area (Å²) in [6.45, 7) is 4.28. The molecule has 0 bridgehead atoms. The quantitative estimate of drug-likeness (QED) is 0.814. The largest absolute Gasteiger partial charge is 0.433 e. The first kappa shape index (κ1) is 16.3. The van der Waals surface area contributed by atoms with Crippen molar-refractivity contribution in [3.05, 3.63) is 17.0 Å². The second-order valence-corrected chi connectivity index (χ2v) is 6.19. The summed E-state index contributed by atoms with van der Waals surface area (Å²) in [5, 5.41) is 2.75. The number of aromatic nitrogens is 2. The molecule has 118 valence electrons. The average Bonchev–Trinajstić information content (AvgIpc) is 2.37. The van der Waals surface area contributed by atoms with Gasteiger partial charge in [0, 0.05) is 12.1 Å². The number of nitrogens with one attached hydrogen (secondary N) is 1. The normalized spacial score (nSPS) is 23.4. The van der Waals surface area contributed by atoms with Crippen LogP contribution >= 0.6 is 11.6 Å². The van der Waals surface area contributed by atoms with E-state index in [9.17, 15) is 13.2 Å². The highest BCUT2D eigenvalue weighted by Crippen LogP contribution is 2.34. The van der Waals surface area contributed by atoms with Crippen molar-refractivity contribution in [2.45, 2.75) is 51.7 Å². The Balaban J connectivity index is 2.20. The van der Waals surface area contributed by atoms with Crippen LogP contribution in [0.2, 0.25) is 5.28 Å². The van der Waals surface area contributed by atoms with Gasteiger partial charge in [-0.2, -0.15) is 13.2 Å². The van der Waals surface area contributed by atoms with Gasteiger partial charge in [-0.25, -0.2) is 9.97 Å². The maximum Gasteiger partial charge on any atom is 0.433 e. The van der Waals surface area contributed by atoms with E-state index in [4.69, 9.17) is 11.6 Å². The number of rotatable bonds is 3. The third-order valence-corrected chi connectivity index (χ3v) is 4.17. The minimum absolute atomic E-state index is 0.130. The molecule has 2 rings (SSSR count). The van der Waals surface area contributed by atoms with Crippen LogP contribution in [0, 0.1) is 11.8 Å². The van der Waals surface area contributed by atoms with E-state index in [1.165, 1.54) is 6.42 Å². The molecule has 3 nitrogen and oxygen atoms in total. The molecule has 0 radical (unpaired) electrons. The van der Waals surface area contributed by atoms with E-state index >= 15 is 0 Å². The number of alkyl halides is 3. The molecule has 2 atom stereocenters. The van der Waals surface area contributed by atoms with Gasteiger partial charge in [-0.3, -0.25) is 0 Å². The molecule has 7 heteroatoms. The Morgan fingerprint density at radius 3 is 2.52 bits per heavy atom. The lowest BCUT2D eigenvalue weighted by Gasteiger charge is -2.35. The molecule has 1 saturated carbocycles. The van der Waals surface area contributed by atoms with Crippen LogP contribution in [-0.2, 0) is 6.18 Å². The Hall–Kier alpha value is -1.04. The SMILES string of the molecule is CC(C)C1CCCCC1Nc1cc(C(F)(F)F)nc(Cl)n1. The van der Waals surface area contributed by atoms with Gasteiger partial charge >= 0.3 is 6.18 Å². The molecule has 0 spiro atoms. The zero-order valence-electron chi connectivity index (χ0n) is 12.0. The van der Waals surface area contributed by atoms with Crippen molar-refractivity contribution in [2.75, 3.05) is 5.32 Å². The van der Waals surface area contributed by atoms with Crippen LogP contribution in [0.1, 0.15) is 45.2 Å². The summed E-state index contributed by atoms with van der Waals surface area (Å²) < 4.78 is 38.3. The van der Waals surface area contributed by atoms with Gasteiger partial charge in [-0.15, -0.1) is 0 Å². The average molecular weight is 322 g/mol. The van der Waals surface area contributed by atoms with Crippen LogP contribution in [-0.4, -0.2) is 16.0 Å². The molecule has 1 aromatic heterocycles. The molecule has 0 amide bonds. The number of anilines is 1. The van der Waals surface area contributed by atoms with E-state index in [2.05, 4.69) is 29.1 Å². The Morgan fingerprint density at radius 1 is 1.24 bits per heavy atom. The van der Waals surface area contributed by atoms with Crippen molar-refractivity contribution in [3.63, 3.8) is 0 Å². The fourth-order valence-corrected chi connectivity index (χ4v) is 3.15. The maximum atomic E-state index is 12.8. The molecule has 1 heterocycles. The lowest BCUT2D eigenvalue weighted by Crippen LogP contribution is -2.35. The summed E-state index contributed by atoms with van der Waals surface area (Å²) in [4.78, 5) is 7.12. The van der Waals surface area contributed by atoms with E-state index in [1.54, 1.807) is 0 Å². The molecule has 0 aromatic carbocycles. The number of nitrogens with zero attached hydrogens (tertiary/aromatic N) is 2. The fraction of sp³-hybridized carbons (Fsp3) is 0.714. The number of hydrogen-bond donors (Lipinski definition) is 1. The lowest BCUT2D eigenvalue weighted by molar-refractivity contribution is -0.141. The second-order valence-electron chi connectivity index (χ2n) is 5.85. The zero-order chi connectivity index (χ0) is 15.6. The van der Waals surface area contributed by atoms with Crippen molar-refractivity contribution < 1.29 is 13.2 Å². The van der Waals surface area contributed by atoms with Gasteiger partial charge in [0.2, 0.25) is 5.28 Å². The number of halogens is 4. The Morgan fingerprint density at radius 2 is 1.90 bits per heavy atom. The molecule has 1 fully saturated rings. The third kappa shape index (κ3) is 4.22. The molecular formula is C14H19ClF3N3. The van der Waals surface area contributed by atoms with E-state index in [0.29, 0.717) is 11.8 Å². The first-order valence-corrected chi connectivity index (χ1v) is 7.53. The van der Waals surface area contributed by atoms with Gasteiger partial charge in [0.15, 0.2) is 5.69 Å². The van der Waals surface area contributed by atoms with Gasteiger partial charge in [0.1, 0.15) is 5.82 Å². The summed E-state index contributed by atoms with van der Waals surface area (Å²) in [5.41, 5.74) is -1.01. The molecule has 21 heavy (non-hydrogen) atoms. The summed E-state index contributed by atoms with van der Waals surface area (Å²) in [5.74, 6) is 1.06. The fourth-order valence-electron chi connectivity index (χ4n) is 2.96. The summed E-state index contributed by atoms with van der Waals surface area (Å²) in [7, 11) is 0. The van der Waals surface area contributed by atoms with Crippen molar-refractivity contribution in [2.24, 2.45) is 11.8 Å². The van der Waals surface area contributed by atoms with Crippen LogP contribution in [0.25, 0.3) is 0 Å². The van der Waals surface area contributed by atoms with Crippen LogP contribution in [0.4, 0.5) is 19.0 Å². The monoisotopic (exact) mass is 321 g/mol. The molecule has 1 aliphatic carbocycles. The highest BCUT2D eigenvalue weighted by molar-refractivity contribution is 6.28. The van der Waals surface area contributed by atoms with Gasteiger partial charge in [-0.05, 0) is 36.3 Å². The van der Waals surface area contributed by atoms with E-state index < -0.39 is 11.9 Å². The van der Waals surface area contributed by atoms with Crippen molar-refractivity contribution >= 4 is 17.4 Å². The number of hydrogen-bond acceptors (Lipinski definition) is 3. The van der Waals surface area contributed by atoms with Crippen LogP contribution in [0.5, 0.6) is 0 Å². The van der Waals surface area contributed by atoms with Crippen LogP contribution in [0.3, 0.4) is 0 Å². The summed E-state index contributed by atoms with van der Waals surface area (Å²) >= 11 is 5.61. The standard InChI is InChI=1S/C14H19ClF3N3/c1-8(2)9-5-3-4-6-10(9)19-12-7-11(14(16,17)18)20-13(15)21-12/h7-10H,3-6H2,1-2H3,(H,19,20,21). The Kier molecular flexibility index (Phi) is 4.96. The Labute approximate surface area is 127 Å². The molecule has 1 aliphatic rings. The van der Waals surface area contributed by atoms with E-state index in [-0.39, 0.29) is 17.1 Å². The molecule has 1 N–H and O–H groups in total. The van der Waals surface area contributed by atoms with Gasteiger partial charge in [0.05, 0.1) is 0 Å². The second kappa shape index (κ2) is 6.38. The minimum atomic E-state index is -4.52. The first-order valence-electron chi connectivity index (χ1n) is 7.15. The smallest absolute Gasteiger partial charge is 0.367 e. The van der Waals surface area contributed by atoms with Crippen LogP contribution < -0.4 is 5.32 Å². The van der Waals surface area contributed by atoms with E-state index in [0.717, 1.165) is 25.3 Å². The summed E-state index contributed by atoms with van der Waals surface area (Å²) in [6.07, 6.45) is -0.260. The lowest BCUT2D eigenvalue weighted by atomic mass is 9.78. The Bertz CT molecular complexity index is 491. The highest BCUT2D eigenvalue weighted by Gasteiger charge is 2.34. The predicted molar refractivity (Wildman–Crippen MR) is 76.3 cm³/mol. The minimum Gasteiger partial charge on any atom is -0.367 e. The van der Waals surface area contributed by atoms with Crippen molar-refractivity contribution in [1.82, 2.24) is 9.97 Å². The van der Waals surface area contributed by atoms with Crippen molar-refractivity contribution in [3.8, 4) is 0 Å². The van der Waals surface area contributed by atoms with Crippen molar-refractivity contribution in [1.29, 1.82) is 0 Å². The molecule has 0 saturated heterocycles. The van der Waals surface area contributed by atoms with Gasteiger partial charge in [-0.1, -0.05) is 26.7 Å². The third-order valence-electron chi connectivity index (χ3n) is 4.00. The molecular weight excluding hydrogens is 303 g/mol. The molecule has 0 aliphatic heterocycles. The van der Waals surface area contributed by atoms with Gasteiger partial charge < -0.3 is 5.32 Å². The summed E-state index contributed by atoms with van der Waals surface area (Å²) in [6, 6.07) is 1.06. The maximum absolute atomic E-state index is 12.8. The van der Waals surface area contributed by atoms with Gasteiger partial charge in [0.25, 0.3) is 0 Å².